The summed E-state index contributed by atoms with van der Waals surface area (Å²) in [5.74, 6) is -0.287. The molecule has 0 saturated carbocycles. The number of carbonyl (C=O) groups is 1. The van der Waals surface area contributed by atoms with Crippen LogP contribution in [-0.4, -0.2) is 11.6 Å². The number of hydrogen-bond acceptors (Lipinski definition) is 3. The third-order valence-electron chi connectivity index (χ3n) is 4.82. The number of thiophene rings is 1. The van der Waals surface area contributed by atoms with E-state index in [4.69, 9.17) is 4.99 Å². The Kier molecular flexibility index (Phi) is 4.62. The largest absolute Gasteiger partial charge is 0.306 e. The molecule has 0 fully saturated rings. The minimum atomic E-state index is -0.281. The molecule has 1 amide bonds. The highest BCUT2D eigenvalue weighted by Gasteiger charge is 2.26. The van der Waals surface area contributed by atoms with Crippen molar-refractivity contribution in [3.8, 4) is 0 Å². The van der Waals surface area contributed by atoms with Crippen molar-refractivity contribution in [3.63, 3.8) is 0 Å². The highest BCUT2D eigenvalue weighted by Crippen LogP contribution is 2.36. The molecule has 0 saturated heterocycles. The Labute approximate surface area is 161 Å². The molecule has 0 atom stereocenters. The number of fused-ring (bicyclic) bond motifs is 1. The molecule has 4 rings (SSSR count). The van der Waals surface area contributed by atoms with Crippen molar-refractivity contribution < 1.29 is 9.18 Å². The molecule has 0 N–H and O–H groups in total. The van der Waals surface area contributed by atoms with E-state index < -0.39 is 0 Å². The van der Waals surface area contributed by atoms with Crippen LogP contribution in [0.3, 0.4) is 0 Å². The molecule has 1 aliphatic rings. The predicted molar refractivity (Wildman–Crippen MR) is 109 cm³/mol. The van der Waals surface area contributed by atoms with Crippen LogP contribution in [0.1, 0.15) is 28.0 Å². The van der Waals surface area contributed by atoms with Gasteiger partial charge in [-0.3, -0.25) is 4.79 Å². The van der Waals surface area contributed by atoms with Crippen molar-refractivity contribution in [2.24, 2.45) is 4.99 Å². The molecule has 1 aliphatic heterocycles. The van der Waals surface area contributed by atoms with Gasteiger partial charge in [-0.2, -0.15) is 0 Å². The lowest BCUT2D eigenvalue weighted by molar-refractivity contribution is -0.117. The van der Waals surface area contributed by atoms with E-state index in [9.17, 15) is 9.18 Å². The molecule has 0 aliphatic carbocycles. The van der Waals surface area contributed by atoms with E-state index in [1.807, 2.05) is 43.5 Å². The smallest absolute Gasteiger partial charge is 0.233 e. The van der Waals surface area contributed by atoms with Crippen LogP contribution in [0.25, 0.3) is 0 Å². The van der Waals surface area contributed by atoms with Crippen molar-refractivity contribution in [1.29, 1.82) is 0 Å². The standard InChI is InChI=1S/C22H19FN2OS/c1-14-10-18-20(11-15(14)2)25(13-16-5-7-17(23)8-6-16)22(26)12-19(24-18)21-4-3-9-27-21/h3-11H,12-13H2,1-2H3. The number of halogens is 1. The highest BCUT2D eigenvalue weighted by atomic mass is 32.1. The Morgan fingerprint density at radius 1 is 1.11 bits per heavy atom. The normalized spacial score (nSPS) is 14.0. The first-order chi connectivity index (χ1) is 13.0. The number of carbonyl (C=O) groups excluding carboxylic acids is 1. The second kappa shape index (κ2) is 7.08. The first-order valence-corrected chi connectivity index (χ1v) is 9.67. The van der Waals surface area contributed by atoms with Gasteiger partial charge in [0, 0.05) is 4.88 Å². The predicted octanol–water partition coefficient (Wildman–Crippen LogP) is 5.56. The van der Waals surface area contributed by atoms with Crippen molar-refractivity contribution in [2.75, 3.05) is 4.90 Å². The maximum Gasteiger partial charge on any atom is 0.233 e. The third-order valence-corrected chi connectivity index (χ3v) is 5.74. The van der Waals surface area contributed by atoms with Crippen LogP contribution >= 0.6 is 11.3 Å². The van der Waals surface area contributed by atoms with Gasteiger partial charge in [0.05, 0.1) is 30.1 Å². The molecule has 0 unspecified atom stereocenters. The second-order valence-electron chi connectivity index (χ2n) is 6.74. The van der Waals surface area contributed by atoms with E-state index >= 15 is 0 Å². The molecule has 5 heteroatoms. The molecule has 27 heavy (non-hydrogen) atoms. The third kappa shape index (κ3) is 3.55. The number of aliphatic imine (C=N–C) groups is 1. The lowest BCUT2D eigenvalue weighted by atomic mass is 10.1. The molecule has 2 aromatic carbocycles. The average molecular weight is 378 g/mol. The Morgan fingerprint density at radius 2 is 1.85 bits per heavy atom. The number of benzene rings is 2. The van der Waals surface area contributed by atoms with Crippen LogP contribution < -0.4 is 4.90 Å². The summed E-state index contributed by atoms with van der Waals surface area (Å²) >= 11 is 1.59. The minimum Gasteiger partial charge on any atom is -0.306 e. The maximum atomic E-state index is 13.3. The summed E-state index contributed by atoms with van der Waals surface area (Å²) in [4.78, 5) is 20.7. The molecule has 3 nitrogen and oxygen atoms in total. The first-order valence-electron chi connectivity index (χ1n) is 8.79. The molecular formula is C22H19FN2OS. The van der Waals surface area contributed by atoms with E-state index in [1.54, 1.807) is 28.4 Å². The minimum absolute atomic E-state index is 0.00604. The SMILES string of the molecule is Cc1cc2c(cc1C)N(Cc1ccc(F)cc1)C(=O)CC(c1cccs1)=N2. The lowest BCUT2D eigenvalue weighted by Crippen LogP contribution is -2.31. The number of hydrogen-bond donors (Lipinski definition) is 0. The second-order valence-corrected chi connectivity index (χ2v) is 7.69. The highest BCUT2D eigenvalue weighted by molar-refractivity contribution is 7.12. The fraction of sp³-hybridized carbons (Fsp3) is 0.182. The van der Waals surface area contributed by atoms with Gasteiger partial charge in [0.2, 0.25) is 5.91 Å². The number of nitrogens with zero attached hydrogens (tertiary/aromatic N) is 2. The van der Waals surface area contributed by atoms with Gasteiger partial charge in [-0.25, -0.2) is 9.38 Å². The van der Waals surface area contributed by atoms with Crippen molar-refractivity contribution in [1.82, 2.24) is 0 Å². The van der Waals surface area contributed by atoms with E-state index in [0.717, 1.165) is 38.7 Å². The number of rotatable bonds is 3. The number of anilines is 1. The van der Waals surface area contributed by atoms with E-state index in [1.165, 1.54) is 12.1 Å². The van der Waals surface area contributed by atoms with Crippen molar-refractivity contribution in [2.45, 2.75) is 26.8 Å². The molecule has 3 aromatic rings. The molecule has 136 valence electrons. The summed E-state index contributed by atoms with van der Waals surface area (Å²) in [6, 6.07) is 14.3. The van der Waals surface area contributed by atoms with E-state index in [2.05, 4.69) is 0 Å². The monoisotopic (exact) mass is 378 g/mol. The number of amides is 1. The fourth-order valence-corrected chi connectivity index (χ4v) is 3.89. The Bertz CT molecular complexity index is 1020. The number of aryl methyl sites for hydroxylation is 2. The molecule has 1 aromatic heterocycles. The van der Waals surface area contributed by atoms with Gasteiger partial charge in [0.1, 0.15) is 5.82 Å². The summed E-state index contributed by atoms with van der Waals surface area (Å²) in [5.41, 5.74) is 5.53. The van der Waals surface area contributed by atoms with Gasteiger partial charge in [-0.15, -0.1) is 11.3 Å². The average Bonchev–Trinajstić information content (AvgIpc) is 3.14. The van der Waals surface area contributed by atoms with Crippen LogP contribution in [0.5, 0.6) is 0 Å². The van der Waals surface area contributed by atoms with Gasteiger partial charge in [-0.05, 0) is 66.2 Å². The van der Waals surface area contributed by atoms with Crippen LogP contribution in [0.4, 0.5) is 15.8 Å². The summed E-state index contributed by atoms with van der Waals surface area (Å²) in [6.07, 6.45) is 0.245. The fourth-order valence-electron chi connectivity index (χ4n) is 3.18. The van der Waals surface area contributed by atoms with Gasteiger partial charge in [0.15, 0.2) is 0 Å². The zero-order valence-corrected chi connectivity index (χ0v) is 16.0. The lowest BCUT2D eigenvalue weighted by Gasteiger charge is -2.23. The quantitative estimate of drug-likeness (QED) is 0.587. The van der Waals surface area contributed by atoms with Gasteiger partial charge in [0.25, 0.3) is 0 Å². The van der Waals surface area contributed by atoms with Crippen molar-refractivity contribution >= 4 is 34.3 Å². The van der Waals surface area contributed by atoms with Crippen molar-refractivity contribution in [3.05, 3.63) is 81.3 Å². The summed E-state index contributed by atoms with van der Waals surface area (Å²) < 4.78 is 13.3. The Hall–Kier alpha value is -2.79. The maximum absolute atomic E-state index is 13.3. The molecule has 2 heterocycles. The van der Waals surface area contributed by atoms with Crippen LogP contribution in [0.15, 0.2) is 58.9 Å². The summed E-state index contributed by atoms with van der Waals surface area (Å²) in [5, 5.41) is 1.99. The molecule has 0 spiro atoms. The molecular weight excluding hydrogens is 359 g/mol. The Morgan fingerprint density at radius 3 is 2.56 bits per heavy atom. The Balaban J connectivity index is 1.80. The first kappa shape index (κ1) is 17.6. The zero-order valence-electron chi connectivity index (χ0n) is 15.2. The zero-order chi connectivity index (χ0) is 19.0. The van der Waals surface area contributed by atoms with E-state index in [-0.39, 0.29) is 18.1 Å². The topological polar surface area (TPSA) is 32.7 Å². The summed E-state index contributed by atoms with van der Waals surface area (Å²) in [7, 11) is 0. The molecule has 0 radical (unpaired) electrons. The van der Waals surface area contributed by atoms with Gasteiger partial charge in [-0.1, -0.05) is 18.2 Å². The summed E-state index contributed by atoms with van der Waals surface area (Å²) in [6.45, 7) is 4.47. The molecule has 0 bridgehead atoms. The van der Waals surface area contributed by atoms with Gasteiger partial charge >= 0.3 is 0 Å². The van der Waals surface area contributed by atoms with Crippen LogP contribution in [0, 0.1) is 19.7 Å². The van der Waals surface area contributed by atoms with E-state index in [0.29, 0.717) is 6.54 Å². The van der Waals surface area contributed by atoms with Crippen LogP contribution in [0.2, 0.25) is 0 Å². The van der Waals surface area contributed by atoms with Crippen LogP contribution in [-0.2, 0) is 11.3 Å². The van der Waals surface area contributed by atoms with Gasteiger partial charge < -0.3 is 4.90 Å².